The van der Waals surface area contributed by atoms with Gasteiger partial charge in [0.2, 0.25) is 0 Å². The first-order chi connectivity index (χ1) is 12.3. The van der Waals surface area contributed by atoms with E-state index >= 15 is 0 Å². The van der Waals surface area contributed by atoms with Gasteiger partial charge in [0, 0.05) is 18.1 Å². The normalized spacial score (nSPS) is 10.0. The lowest BCUT2D eigenvalue weighted by Crippen LogP contribution is -3.00. The van der Waals surface area contributed by atoms with E-state index in [9.17, 15) is 4.79 Å². The fraction of sp³-hybridized carbons (Fsp3) is 0.182. The second kappa shape index (κ2) is 10.1. The molecule has 0 saturated carbocycles. The van der Waals surface area contributed by atoms with Crippen molar-refractivity contribution < 1.29 is 38.1 Å². The molecule has 0 aliphatic heterocycles. The summed E-state index contributed by atoms with van der Waals surface area (Å²) >= 11 is 0. The smallest absolute Gasteiger partial charge is 0.344 e. The van der Waals surface area contributed by atoms with Crippen molar-refractivity contribution in [2.75, 3.05) is 6.61 Å². The lowest BCUT2D eigenvalue weighted by molar-refractivity contribution is -0.693. The Hall–Kier alpha value is -2.21. The zero-order valence-electron chi connectivity index (χ0n) is 14.8. The van der Waals surface area contributed by atoms with Crippen LogP contribution in [0.25, 0.3) is 11.1 Å². The van der Waals surface area contributed by atoms with E-state index in [1.165, 1.54) is 0 Å². The average molecular weight is 459 g/mol. The van der Waals surface area contributed by atoms with Crippen LogP contribution in [0.2, 0.25) is 0 Å². The minimum Gasteiger partial charge on any atom is -1.00 e. The maximum atomic E-state index is 12.7. The van der Waals surface area contributed by atoms with Gasteiger partial charge in [-0.25, -0.2) is 9.36 Å². The van der Waals surface area contributed by atoms with Gasteiger partial charge in [-0.1, -0.05) is 60.7 Å². The van der Waals surface area contributed by atoms with Crippen LogP contribution in [0.4, 0.5) is 0 Å². The molecule has 3 aromatic rings. The number of carbonyl (C=O) groups excluding carboxylic acids is 1. The Kier molecular flexibility index (Phi) is 7.78. The number of hydrogen-bond acceptors (Lipinski definition) is 2. The largest absolute Gasteiger partial charge is 1.00 e. The van der Waals surface area contributed by atoms with E-state index in [4.69, 9.17) is 4.74 Å². The van der Waals surface area contributed by atoms with Crippen LogP contribution in [-0.2, 0) is 17.7 Å². The van der Waals surface area contributed by atoms with Crippen LogP contribution in [0.3, 0.4) is 0 Å². The van der Waals surface area contributed by atoms with Gasteiger partial charge in [-0.3, -0.25) is 0 Å². The molecule has 0 saturated heterocycles. The lowest BCUT2D eigenvalue weighted by Gasteiger charge is -2.09. The minimum atomic E-state index is -0.280. The van der Waals surface area contributed by atoms with Gasteiger partial charge in [0.05, 0.1) is 6.61 Å². The van der Waals surface area contributed by atoms with Crippen molar-refractivity contribution in [3.05, 3.63) is 90.3 Å². The molecule has 0 unspecified atom stereocenters. The molecule has 2 aromatic carbocycles. The van der Waals surface area contributed by atoms with Crippen LogP contribution in [-0.4, -0.2) is 12.6 Å². The topological polar surface area (TPSA) is 30.2 Å². The van der Waals surface area contributed by atoms with Gasteiger partial charge in [0.15, 0.2) is 12.4 Å². The van der Waals surface area contributed by atoms with Crippen molar-refractivity contribution in [1.82, 2.24) is 0 Å². The third-order valence-corrected chi connectivity index (χ3v) is 4.15. The molecule has 0 radical (unpaired) electrons. The molecule has 0 fully saturated rings. The Labute approximate surface area is 171 Å². The highest BCUT2D eigenvalue weighted by molar-refractivity contribution is 5.96. The molecule has 1 aromatic heterocycles. The molecular weight excluding hydrogens is 437 g/mol. The van der Waals surface area contributed by atoms with Crippen molar-refractivity contribution in [1.29, 1.82) is 0 Å². The van der Waals surface area contributed by atoms with Crippen LogP contribution < -0.4 is 28.5 Å². The third-order valence-electron chi connectivity index (χ3n) is 4.15. The summed E-state index contributed by atoms with van der Waals surface area (Å²) in [4.78, 5) is 12.7. The summed E-state index contributed by atoms with van der Waals surface area (Å²) < 4.78 is 7.53. The standard InChI is InChI=1S/C22H22NO2.HI/c1-2-23-15-13-20(19-11-7-4-8-12-19)21(17-23)22(24)25-16-14-18-9-5-3-6-10-18;/h3-13,15,17H,2,14,16H2,1H3;1H/q+1;/p-1. The first-order valence-electron chi connectivity index (χ1n) is 8.57. The summed E-state index contributed by atoms with van der Waals surface area (Å²) in [5, 5.41) is 0. The van der Waals surface area contributed by atoms with Gasteiger partial charge < -0.3 is 28.7 Å². The summed E-state index contributed by atoms with van der Waals surface area (Å²) in [5.41, 5.74) is 3.68. The monoisotopic (exact) mass is 459 g/mol. The molecule has 0 aliphatic rings. The predicted octanol–water partition coefficient (Wildman–Crippen LogP) is 1.06. The molecule has 0 atom stereocenters. The van der Waals surface area contributed by atoms with E-state index in [0.717, 1.165) is 23.2 Å². The van der Waals surface area contributed by atoms with Crippen LogP contribution in [0.5, 0.6) is 0 Å². The highest BCUT2D eigenvalue weighted by Crippen LogP contribution is 2.23. The van der Waals surface area contributed by atoms with Gasteiger partial charge in [-0.15, -0.1) is 0 Å². The minimum absolute atomic E-state index is 0. The average Bonchev–Trinajstić information content (AvgIpc) is 2.69. The molecule has 0 aliphatic carbocycles. The first-order valence-corrected chi connectivity index (χ1v) is 8.57. The van der Waals surface area contributed by atoms with Gasteiger partial charge in [0.25, 0.3) is 0 Å². The summed E-state index contributed by atoms with van der Waals surface area (Å²) in [7, 11) is 0. The van der Waals surface area contributed by atoms with E-state index in [2.05, 4.69) is 0 Å². The highest BCUT2D eigenvalue weighted by atomic mass is 127. The third kappa shape index (κ3) is 5.14. The highest BCUT2D eigenvalue weighted by Gasteiger charge is 2.18. The molecule has 26 heavy (non-hydrogen) atoms. The number of aryl methyl sites for hydroxylation is 1. The van der Waals surface area contributed by atoms with Gasteiger partial charge in [-0.2, -0.15) is 0 Å². The number of ether oxygens (including phenoxy) is 1. The summed E-state index contributed by atoms with van der Waals surface area (Å²) in [5.74, 6) is -0.280. The fourth-order valence-corrected chi connectivity index (χ4v) is 2.75. The van der Waals surface area contributed by atoms with Crippen molar-refractivity contribution >= 4 is 5.97 Å². The SMILES string of the molecule is CC[n+]1ccc(-c2ccccc2)c(C(=O)OCCc2ccccc2)c1.[I-]. The quantitative estimate of drug-likeness (QED) is 0.314. The van der Waals surface area contributed by atoms with Crippen molar-refractivity contribution in [3.8, 4) is 11.1 Å². The van der Waals surface area contributed by atoms with E-state index < -0.39 is 0 Å². The molecule has 0 amide bonds. The van der Waals surface area contributed by atoms with Gasteiger partial charge in [-0.05, 0) is 18.1 Å². The number of nitrogens with zero attached hydrogens (tertiary/aromatic N) is 1. The number of pyridine rings is 1. The Morgan fingerprint density at radius 1 is 0.962 bits per heavy atom. The molecular formula is C22H22INO2. The van der Waals surface area contributed by atoms with E-state index in [0.29, 0.717) is 18.6 Å². The van der Waals surface area contributed by atoms with Crippen LogP contribution in [0, 0.1) is 0 Å². The number of aromatic nitrogens is 1. The van der Waals surface area contributed by atoms with Crippen molar-refractivity contribution in [2.24, 2.45) is 0 Å². The molecule has 4 heteroatoms. The molecule has 0 N–H and O–H groups in total. The maximum Gasteiger partial charge on any atom is 0.344 e. The van der Waals surface area contributed by atoms with Crippen molar-refractivity contribution in [2.45, 2.75) is 19.9 Å². The van der Waals surface area contributed by atoms with E-state index in [1.807, 2.05) is 90.6 Å². The van der Waals surface area contributed by atoms with Crippen LogP contribution >= 0.6 is 0 Å². The van der Waals surface area contributed by atoms with E-state index in [1.54, 1.807) is 0 Å². The van der Waals surface area contributed by atoms with Crippen LogP contribution in [0.1, 0.15) is 22.8 Å². The first kappa shape index (κ1) is 20.1. The maximum absolute atomic E-state index is 12.7. The summed E-state index contributed by atoms with van der Waals surface area (Å²) in [6, 6.07) is 21.9. The number of halogens is 1. The number of esters is 1. The Morgan fingerprint density at radius 2 is 1.62 bits per heavy atom. The number of carbonyl (C=O) groups is 1. The Morgan fingerprint density at radius 3 is 2.27 bits per heavy atom. The molecule has 134 valence electrons. The summed E-state index contributed by atoms with van der Waals surface area (Å²) in [6.45, 7) is 3.23. The Bertz CT molecular complexity index is 835. The van der Waals surface area contributed by atoms with E-state index in [-0.39, 0.29) is 29.9 Å². The number of benzene rings is 2. The second-order valence-corrected chi connectivity index (χ2v) is 5.84. The molecule has 1 heterocycles. The van der Waals surface area contributed by atoms with Crippen molar-refractivity contribution in [3.63, 3.8) is 0 Å². The predicted molar refractivity (Wildman–Crippen MR) is 98.2 cm³/mol. The molecule has 3 rings (SSSR count). The number of hydrogen-bond donors (Lipinski definition) is 0. The molecule has 3 nitrogen and oxygen atoms in total. The Balaban J connectivity index is 0.00000243. The van der Waals surface area contributed by atoms with Gasteiger partial charge >= 0.3 is 5.97 Å². The van der Waals surface area contributed by atoms with Crippen LogP contribution in [0.15, 0.2) is 79.1 Å². The zero-order chi connectivity index (χ0) is 17.5. The summed E-state index contributed by atoms with van der Waals surface area (Å²) in [6.07, 6.45) is 4.57. The molecule has 0 bridgehead atoms. The zero-order valence-corrected chi connectivity index (χ0v) is 16.9. The number of rotatable bonds is 6. The second-order valence-electron chi connectivity index (χ2n) is 5.84. The van der Waals surface area contributed by atoms with Gasteiger partial charge in [0.1, 0.15) is 12.1 Å². The lowest BCUT2D eigenvalue weighted by atomic mass is 10.0. The fourth-order valence-electron chi connectivity index (χ4n) is 2.75. The molecule has 0 spiro atoms.